The van der Waals surface area contributed by atoms with E-state index in [4.69, 9.17) is 32.7 Å². The Kier molecular flexibility index (Phi) is 9.25. The normalized spacial score (nSPS) is 13.2. The number of anilines is 3. The van der Waals surface area contributed by atoms with E-state index in [0.29, 0.717) is 27.8 Å². The molecule has 0 saturated carbocycles. The predicted molar refractivity (Wildman–Crippen MR) is 165 cm³/mol. The molecular weight excluding hydrogens is 640 g/mol. The molecule has 10 nitrogen and oxygen atoms in total. The summed E-state index contributed by atoms with van der Waals surface area (Å²) in [6.45, 7) is 1.34. The van der Waals surface area contributed by atoms with Crippen LogP contribution in [0.4, 0.5) is 20.9 Å². The fourth-order valence-corrected chi connectivity index (χ4v) is 7.39. The number of nitrogens with zero attached hydrogens (tertiary/aromatic N) is 4. The van der Waals surface area contributed by atoms with Crippen molar-refractivity contribution in [1.82, 2.24) is 9.36 Å². The molecule has 1 saturated heterocycles. The van der Waals surface area contributed by atoms with E-state index in [9.17, 15) is 13.2 Å². The summed E-state index contributed by atoms with van der Waals surface area (Å²) in [7, 11) is -1.67. The molecule has 0 radical (unpaired) electrons. The van der Waals surface area contributed by atoms with Crippen LogP contribution >= 0.6 is 34.7 Å². The zero-order valence-electron chi connectivity index (χ0n) is 23.0. The number of carbonyl (C=O) groups excluding carboxylic acids is 1. The summed E-state index contributed by atoms with van der Waals surface area (Å²) in [5, 5.41) is 3.01. The fraction of sp³-hybridized carbons (Fsp3) is 0.250. The van der Waals surface area contributed by atoms with E-state index < -0.39 is 26.6 Å². The highest BCUT2D eigenvalue weighted by molar-refractivity contribution is 7.93. The van der Waals surface area contributed by atoms with E-state index in [1.54, 1.807) is 36.4 Å². The van der Waals surface area contributed by atoms with E-state index in [1.165, 1.54) is 20.5 Å². The Morgan fingerprint density at radius 2 is 1.86 bits per heavy atom. The van der Waals surface area contributed by atoms with E-state index in [-0.39, 0.29) is 22.3 Å². The van der Waals surface area contributed by atoms with Crippen LogP contribution in [0.1, 0.15) is 28.8 Å². The molecule has 0 spiro atoms. The van der Waals surface area contributed by atoms with Gasteiger partial charge in [-0.1, -0.05) is 23.2 Å². The van der Waals surface area contributed by atoms with Crippen molar-refractivity contribution < 1.29 is 27.1 Å². The maximum atomic E-state index is 15.6. The van der Waals surface area contributed by atoms with Gasteiger partial charge in [-0.3, -0.25) is 4.79 Å². The lowest BCUT2D eigenvalue weighted by Crippen LogP contribution is -2.31. The lowest BCUT2D eigenvalue weighted by Gasteiger charge is -2.23. The molecule has 15 heteroatoms. The zero-order valence-corrected chi connectivity index (χ0v) is 26.2. The molecule has 1 aliphatic rings. The summed E-state index contributed by atoms with van der Waals surface area (Å²) in [5.41, 5.74) is 1.43. The van der Waals surface area contributed by atoms with Gasteiger partial charge in [0, 0.05) is 41.3 Å². The van der Waals surface area contributed by atoms with Crippen molar-refractivity contribution in [3.05, 3.63) is 81.8 Å². The molecule has 1 N–H and O–H groups in total. The second-order valence-corrected chi connectivity index (χ2v) is 12.9. The highest BCUT2D eigenvalue weighted by Gasteiger charge is 2.33. The molecule has 226 valence electrons. The fourth-order valence-electron chi connectivity index (χ4n) is 4.71. The van der Waals surface area contributed by atoms with Crippen LogP contribution in [-0.4, -0.2) is 51.0 Å². The first kappa shape index (κ1) is 30.8. The van der Waals surface area contributed by atoms with Crippen LogP contribution in [-0.2, 0) is 16.6 Å². The maximum absolute atomic E-state index is 15.6. The number of nitrogens with one attached hydrogen (secondary N) is 1. The van der Waals surface area contributed by atoms with Gasteiger partial charge in [-0.05, 0) is 55.3 Å². The van der Waals surface area contributed by atoms with Crippen LogP contribution in [0.5, 0.6) is 11.5 Å². The van der Waals surface area contributed by atoms with Crippen molar-refractivity contribution >= 4 is 67.2 Å². The number of benzene rings is 3. The number of ether oxygens (including phenoxy) is 2. The molecule has 0 unspecified atom stereocenters. The summed E-state index contributed by atoms with van der Waals surface area (Å²) >= 11 is 13.5. The second kappa shape index (κ2) is 12.9. The average molecular weight is 667 g/mol. The van der Waals surface area contributed by atoms with E-state index in [0.717, 1.165) is 59.6 Å². The molecule has 1 amide bonds. The number of hydrogen-bond donors (Lipinski definition) is 1. The summed E-state index contributed by atoms with van der Waals surface area (Å²) < 4.78 is 58.9. The quantitative estimate of drug-likeness (QED) is 0.211. The minimum Gasteiger partial charge on any atom is -0.497 e. The van der Waals surface area contributed by atoms with Crippen molar-refractivity contribution in [3.63, 3.8) is 0 Å². The van der Waals surface area contributed by atoms with Gasteiger partial charge in [-0.15, -0.1) is 0 Å². The van der Waals surface area contributed by atoms with Gasteiger partial charge in [0.25, 0.3) is 15.9 Å². The number of carbonyl (C=O) groups is 1. The van der Waals surface area contributed by atoms with Crippen molar-refractivity contribution in [2.24, 2.45) is 0 Å². The minimum atomic E-state index is -4.60. The van der Waals surface area contributed by atoms with Crippen LogP contribution in [0.2, 0.25) is 10.0 Å². The number of methoxy groups -OCH3 is 2. The molecule has 4 aromatic rings. The Labute approximate surface area is 262 Å². The molecule has 0 aliphatic carbocycles. The molecule has 5 rings (SSSR count). The molecule has 0 bridgehead atoms. The van der Waals surface area contributed by atoms with Gasteiger partial charge in [0.05, 0.1) is 42.7 Å². The zero-order chi connectivity index (χ0) is 30.7. The van der Waals surface area contributed by atoms with Gasteiger partial charge in [-0.25, -0.2) is 22.1 Å². The van der Waals surface area contributed by atoms with Gasteiger partial charge < -0.3 is 19.7 Å². The van der Waals surface area contributed by atoms with Gasteiger partial charge in [0.15, 0.2) is 0 Å². The average Bonchev–Trinajstić information content (AvgIpc) is 3.73. The van der Waals surface area contributed by atoms with Gasteiger partial charge in [0.1, 0.15) is 28.5 Å². The number of aromatic nitrogens is 2. The Morgan fingerprint density at radius 1 is 1.09 bits per heavy atom. The Bertz CT molecular complexity index is 1750. The molecule has 1 aliphatic heterocycles. The summed E-state index contributed by atoms with van der Waals surface area (Å²) in [6.07, 6.45) is 3.20. The third-order valence-corrected chi connectivity index (χ3v) is 9.96. The van der Waals surface area contributed by atoms with Gasteiger partial charge in [0.2, 0.25) is 5.13 Å². The smallest absolute Gasteiger partial charge is 0.269 e. The number of halogens is 3. The first-order chi connectivity index (χ1) is 20.6. The highest BCUT2D eigenvalue weighted by atomic mass is 35.5. The molecule has 1 aromatic heterocycles. The second-order valence-electron chi connectivity index (χ2n) is 9.49. The van der Waals surface area contributed by atoms with Crippen LogP contribution in [0.25, 0.3) is 0 Å². The number of amides is 1. The summed E-state index contributed by atoms with van der Waals surface area (Å²) in [6, 6.07) is 11.6. The Balaban J connectivity index is 1.47. The molecule has 3 aromatic carbocycles. The van der Waals surface area contributed by atoms with Crippen LogP contribution in [0.3, 0.4) is 0 Å². The SMILES string of the molecule is COc1ccc(CN(c2ncns2)S(=O)(=O)c2cc(Cl)c(C(=O)Nc3ccc(Cl)cc3N3CCCC3)cc2F)c(OC)c1. The van der Waals surface area contributed by atoms with Crippen molar-refractivity contribution in [1.29, 1.82) is 0 Å². The van der Waals surface area contributed by atoms with Crippen molar-refractivity contribution in [3.8, 4) is 11.5 Å². The number of sulfonamides is 1. The standard InChI is InChI=1S/C28H26Cl2FN5O5S2/c1-40-19-7-5-17(25(12-19)41-2)15-36(28-32-16-33-42-28)43(38,39)26-14-21(30)20(13-22(26)31)27(37)34-23-8-6-18(29)11-24(23)35-9-3-4-10-35/h5-8,11-14,16H,3-4,9-10,15H2,1-2H3,(H,34,37). The maximum Gasteiger partial charge on any atom is 0.269 e. The molecule has 43 heavy (non-hydrogen) atoms. The lowest BCUT2D eigenvalue weighted by atomic mass is 10.2. The molecule has 1 fully saturated rings. The summed E-state index contributed by atoms with van der Waals surface area (Å²) in [5.74, 6) is -1.02. The molecular formula is C28H26Cl2FN5O5S2. The van der Waals surface area contributed by atoms with Crippen molar-refractivity contribution in [2.45, 2.75) is 24.3 Å². The van der Waals surface area contributed by atoms with E-state index in [2.05, 4.69) is 19.6 Å². The van der Waals surface area contributed by atoms with Gasteiger partial charge in [-0.2, -0.15) is 4.37 Å². The highest BCUT2D eigenvalue weighted by Crippen LogP contribution is 2.35. The van der Waals surface area contributed by atoms with E-state index >= 15 is 4.39 Å². The first-order valence-electron chi connectivity index (χ1n) is 13.0. The predicted octanol–water partition coefficient (Wildman–Crippen LogP) is 6.25. The Hall–Kier alpha value is -3.65. The van der Waals surface area contributed by atoms with Crippen LogP contribution in [0.15, 0.2) is 59.8 Å². The monoisotopic (exact) mass is 665 g/mol. The third-order valence-electron chi connectivity index (χ3n) is 6.86. The Morgan fingerprint density at radius 3 is 2.53 bits per heavy atom. The molecule has 2 heterocycles. The van der Waals surface area contributed by atoms with Crippen LogP contribution in [0, 0.1) is 5.82 Å². The number of rotatable bonds is 10. The lowest BCUT2D eigenvalue weighted by molar-refractivity contribution is 0.102. The van der Waals surface area contributed by atoms with Crippen LogP contribution < -0.4 is 24.0 Å². The molecule has 0 atom stereocenters. The first-order valence-corrected chi connectivity index (χ1v) is 15.9. The topological polar surface area (TPSA) is 114 Å². The van der Waals surface area contributed by atoms with Crippen molar-refractivity contribution in [2.75, 3.05) is 41.8 Å². The van der Waals surface area contributed by atoms with E-state index in [1.807, 2.05) is 0 Å². The largest absolute Gasteiger partial charge is 0.497 e. The third kappa shape index (κ3) is 6.49. The minimum absolute atomic E-state index is 0.00704. The summed E-state index contributed by atoms with van der Waals surface area (Å²) in [4.78, 5) is 18.7. The number of hydrogen-bond acceptors (Lipinski definition) is 9. The van der Waals surface area contributed by atoms with Gasteiger partial charge >= 0.3 is 0 Å².